The number of carbonyl (C=O) groups is 1. The second kappa shape index (κ2) is 8.49. The SMILES string of the molecule is CC(C)(CCO)CNC(=O)NCc1cccc(Cn2cccn2)c1. The average molecular weight is 330 g/mol. The van der Waals surface area contributed by atoms with Crippen LogP contribution >= 0.6 is 0 Å². The van der Waals surface area contributed by atoms with Crippen molar-refractivity contribution < 1.29 is 9.90 Å². The zero-order valence-corrected chi connectivity index (χ0v) is 14.3. The molecule has 0 unspecified atom stereocenters. The van der Waals surface area contributed by atoms with E-state index in [1.807, 2.05) is 49.0 Å². The molecule has 0 saturated carbocycles. The number of hydrogen-bond acceptors (Lipinski definition) is 3. The molecule has 0 spiro atoms. The molecule has 2 rings (SSSR count). The van der Waals surface area contributed by atoms with Crippen molar-refractivity contribution in [2.45, 2.75) is 33.4 Å². The van der Waals surface area contributed by atoms with Gasteiger partial charge in [-0.1, -0.05) is 38.1 Å². The monoisotopic (exact) mass is 330 g/mol. The Morgan fingerprint density at radius 1 is 1.25 bits per heavy atom. The van der Waals surface area contributed by atoms with E-state index in [0.29, 0.717) is 26.1 Å². The molecule has 1 aromatic heterocycles. The van der Waals surface area contributed by atoms with Crippen LogP contribution in [0.4, 0.5) is 4.79 Å². The van der Waals surface area contributed by atoms with E-state index in [1.54, 1.807) is 6.20 Å². The van der Waals surface area contributed by atoms with Gasteiger partial charge < -0.3 is 15.7 Å². The van der Waals surface area contributed by atoms with Crippen molar-refractivity contribution in [3.05, 3.63) is 53.9 Å². The number of urea groups is 1. The number of rotatable bonds is 8. The molecule has 0 bridgehead atoms. The number of aliphatic hydroxyl groups excluding tert-OH is 1. The second-order valence-corrected chi connectivity index (χ2v) is 6.70. The number of amides is 2. The third-order valence-corrected chi connectivity index (χ3v) is 3.86. The number of aliphatic hydroxyl groups is 1. The first-order valence-electron chi connectivity index (χ1n) is 8.16. The molecule has 24 heavy (non-hydrogen) atoms. The molecular formula is C18H26N4O2. The van der Waals surface area contributed by atoms with Crippen molar-refractivity contribution in [1.82, 2.24) is 20.4 Å². The molecule has 0 saturated heterocycles. The fourth-order valence-corrected chi connectivity index (χ4v) is 2.37. The van der Waals surface area contributed by atoms with Crippen molar-refractivity contribution in [2.75, 3.05) is 13.2 Å². The smallest absolute Gasteiger partial charge is 0.315 e. The summed E-state index contributed by atoms with van der Waals surface area (Å²) in [7, 11) is 0. The number of benzene rings is 1. The first-order valence-corrected chi connectivity index (χ1v) is 8.16. The summed E-state index contributed by atoms with van der Waals surface area (Å²) in [6.07, 6.45) is 4.34. The van der Waals surface area contributed by atoms with Gasteiger partial charge in [-0.05, 0) is 29.0 Å². The molecule has 2 aromatic rings. The molecule has 130 valence electrons. The number of carbonyl (C=O) groups excluding carboxylic acids is 1. The van der Waals surface area contributed by atoms with Gasteiger partial charge in [-0.15, -0.1) is 0 Å². The molecule has 6 nitrogen and oxygen atoms in total. The Labute approximate surface area is 142 Å². The summed E-state index contributed by atoms with van der Waals surface area (Å²) < 4.78 is 1.86. The van der Waals surface area contributed by atoms with Crippen molar-refractivity contribution in [3.63, 3.8) is 0 Å². The number of nitrogens with one attached hydrogen (secondary N) is 2. The van der Waals surface area contributed by atoms with Crippen LogP contribution in [0.1, 0.15) is 31.4 Å². The number of hydrogen-bond donors (Lipinski definition) is 3. The van der Waals surface area contributed by atoms with Crippen LogP contribution in [0.5, 0.6) is 0 Å². The van der Waals surface area contributed by atoms with Gasteiger partial charge in [0.1, 0.15) is 0 Å². The average Bonchev–Trinajstić information content (AvgIpc) is 3.04. The van der Waals surface area contributed by atoms with E-state index in [0.717, 1.165) is 11.1 Å². The van der Waals surface area contributed by atoms with Crippen LogP contribution in [0.15, 0.2) is 42.7 Å². The first kappa shape index (κ1) is 18.0. The minimum atomic E-state index is -0.196. The van der Waals surface area contributed by atoms with Gasteiger partial charge in [0.05, 0.1) is 6.54 Å². The standard InChI is InChI=1S/C18H26N4O2/c1-18(2,7-10-23)14-20-17(24)19-12-15-5-3-6-16(11-15)13-22-9-4-8-21-22/h3-6,8-9,11,23H,7,10,12-14H2,1-2H3,(H2,19,20,24). The number of nitrogens with zero attached hydrogens (tertiary/aromatic N) is 2. The Kier molecular flexibility index (Phi) is 6.37. The highest BCUT2D eigenvalue weighted by Gasteiger charge is 2.17. The molecule has 3 N–H and O–H groups in total. The molecule has 0 atom stereocenters. The lowest BCUT2D eigenvalue weighted by Crippen LogP contribution is -2.40. The second-order valence-electron chi connectivity index (χ2n) is 6.70. The van der Waals surface area contributed by atoms with E-state index >= 15 is 0 Å². The van der Waals surface area contributed by atoms with Crippen LogP contribution in [0.2, 0.25) is 0 Å². The summed E-state index contributed by atoms with van der Waals surface area (Å²) in [6, 6.07) is 9.79. The van der Waals surface area contributed by atoms with Gasteiger partial charge in [-0.2, -0.15) is 5.10 Å². The van der Waals surface area contributed by atoms with Crippen molar-refractivity contribution >= 4 is 6.03 Å². The first-order chi connectivity index (χ1) is 11.5. The highest BCUT2D eigenvalue weighted by Crippen LogP contribution is 2.17. The van der Waals surface area contributed by atoms with Gasteiger partial charge in [0, 0.05) is 32.1 Å². The van der Waals surface area contributed by atoms with Crippen LogP contribution < -0.4 is 10.6 Å². The highest BCUT2D eigenvalue weighted by molar-refractivity contribution is 5.73. The van der Waals surface area contributed by atoms with Crippen LogP contribution in [0.3, 0.4) is 0 Å². The zero-order valence-electron chi connectivity index (χ0n) is 14.3. The minimum absolute atomic E-state index is 0.115. The maximum atomic E-state index is 11.9. The summed E-state index contributed by atoms with van der Waals surface area (Å²) in [5.74, 6) is 0. The Hall–Kier alpha value is -2.34. The highest BCUT2D eigenvalue weighted by atomic mass is 16.3. The molecule has 6 heteroatoms. The molecule has 1 heterocycles. The van der Waals surface area contributed by atoms with E-state index in [9.17, 15) is 4.79 Å². The maximum Gasteiger partial charge on any atom is 0.315 e. The van der Waals surface area contributed by atoms with Gasteiger partial charge in [0.25, 0.3) is 0 Å². The summed E-state index contributed by atoms with van der Waals surface area (Å²) in [5.41, 5.74) is 2.07. The Morgan fingerprint density at radius 2 is 2.04 bits per heavy atom. The van der Waals surface area contributed by atoms with Crippen molar-refractivity contribution in [1.29, 1.82) is 0 Å². The topological polar surface area (TPSA) is 79.2 Å². The van der Waals surface area contributed by atoms with Crippen LogP contribution in [0, 0.1) is 5.41 Å². The molecule has 0 fully saturated rings. The summed E-state index contributed by atoms with van der Waals surface area (Å²) in [6.45, 7) is 5.87. The molecular weight excluding hydrogens is 304 g/mol. The van der Waals surface area contributed by atoms with Crippen LogP contribution in [-0.2, 0) is 13.1 Å². The Bertz CT molecular complexity index is 638. The third-order valence-electron chi connectivity index (χ3n) is 3.86. The maximum absolute atomic E-state index is 11.9. The molecule has 0 aliphatic carbocycles. The van der Waals surface area contributed by atoms with Crippen LogP contribution in [0.25, 0.3) is 0 Å². The van der Waals surface area contributed by atoms with Gasteiger partial charge >= 0.3 is 6.03 Å². The van der Waals surface area contributed by atoms with E-state index in [-0.39, 0.29) is 18.1 Å². The van der Waals surface area contributed by atoms with E-state index in [2.05, 4.69) is 21.8 Å². The Morgan fingerprint density at radius 3 is 2.75 bits per heavy atom. The quantitative estimate of drug-likeness (QED) is 0.694. The molecule has 0 aliphatic heterocycles. The third kappa shape index (κ3) is 6.04. The lowest BCUT2D eigenvalue weighted by Gasteiger charge is -2.23. The van der Waals surface area contributed by atoms with E-state index in [4.69, 9.17) is 5.11 Å². The zero-order chi connectivity index (χ0) is 17.4. The molecule has 0 aliphatic rings. The predicted octanol–water partition coefficient (Wildman–Crippen LogP) is 2.14. The van der Waals surface area contributed by atoms with Crippen molar-refractivity contribution in [2.24, 2.45) is 5.41 Å². The normalized spacial score (nSPS) is 11.3. The van der Waals surface area contributed by atoms with E-state index in [1.165, 1.54) is 0 Å². The lowest BCUT2D eigenvalue weighted by atomic mass is 9.90. The lowest BCUT2D eigenvalue weighted by molar-refractivity contribution is 0.201. The van der Waals surface area contributed by atoms with Gasteiger partial charge in [0.2, 0.25) is 0 Å². The van der Waals surface area contributed by atoms with Gasteiger partial charge in [-0.3, -0.25) is 4.68 Å². The summed E-state index contributed by atoms with van der Waals surface area (Å²) in [5, 5.41) is 18.9. The molecule has 0 radical (unpaired) electrons. The van der Waals surface area contributed by atoms with Crippen molar-refractivity contribution in [3.8, 4) is 0 Å². The van der Waals surface area contributed by atoms with E-state index < -0.39 is 0 Å². The Balaban J connectivity index is 1.80. The molecule has 2 amide bonds. The van der Waals surface area contributed by atoms with Gasteiger partial charge in [-0.25, -0.2) is 4.79 Å². The van der Waals surface area contributed by atoms with Crippen LogP contribution in [-0.4, -0.2) is 34.1 Å². The largest absolute Gasteiger partial charge is 0.396 e. The minimum Gasteiger partial charge on any atom is -0.396 e. The van der Waals surface area contributed by atoms with Gasteiger partial charge in [0.15, 0.2) is 0 Å². The summed E-state index contributed by atoms with van der Waals surface area (Å²) >= 11 is 0. The summed E-state index contributed by atoms with van der Waals surface area (Å²) in [4.78, 5) is 11.9. The fourth-order valence-electron chi connectivity index (χ4n) is 2.37. The fraction of sp³-hybridized carbons (Fsp3) is 0.444. The number of aromatic nitrogens is 2. The predicted molar refractivity (Wildman–Crippen MR) is 93.5 cm³/mol. The molecule has 1 aromatic carbocycles.